The summed E-state index contributed by atoms with van der Waals surface area (Å²) in [5.41, 5.74) is 9.12. The van der Waals surface area contributed by atoms with E-state index in [2.05, 4.69) is 115 Å². The van der Waals surface area contributed by atoms with E-state index in [1.165, 1.54) is 39.0 Å². The Morgan fingerprint density at radius 2 is 1.15 bits per heavy atom. The van der Waals surface area contributed by atoms with Gasteiger partial charge in [-0.15, -0.1) is 0 Å². The SMILES string of the molecule is Cc1ccccc1B1c2ccccc2-c2ccccc2N1c1ccccc1. The lowest BCUT2D eigenvalue weighted by Crippen LogP contribution is -2.58. The monoisotopic (exact) mass is 345 g/mol. The van der Waals surface area contributed by atoms with E-state index in [0.29, 0.717) is 0 Å². The van der Waals surface area contributed by atoms with Crippen molar-refractivity contribution in [3.63, 3.8) is 0 Å². The van der Waals surface area contributed by atoms with Crippen LogP contribution in [0.4, 0.5) is 11.4 Å². The minimum Gasteiger partial charge on any atom is -0.376 e. The first-order chi connectivity index (χ1) is 13.3. The number of fused-ring (bicyclic) bond motifs is 3. The molecule has 0 amide bonds. The van der Waals surface area contributed by atoms with Crippen LogP contribution in [0.25, 0.3) is 11.1 Å². The Kier molecular flexibility index (Phi) is 3.83. The molecule has 0 aliphatic carbocycles. The van der Waals surface area contributed by atoms with Gasteiger partial charge >= 0.3 is 6.85 Å². The largest absolute Gasteiger partial charge is 0.376 e. The molecule has 0 radical (unpaired) electrons. The molecule has 0 atom stereocenters. The maximum atomic E-state index is 2.49. The summed E-state index contributed by atoms with van der Waals surface area (Å²) >= 11 is 0. The Balaban J connectivity index is 1.85. The van der Waals surface area contributed by atoms with Crippen LogP contribution < -0.4 is 15.7 Å². The van der Waals surface area contributed by atoms with Gasteiger partial charge in [-0.25, -0.2) is 0 Å². The molecular formula is C25H20BN. The number of aryl methyl sites for hydroxylation is 1. The van der Waals surface area contributed by atoms with E-state index < -0.39 is 0 Å². The fourth-order valence-electron chi connectivity index (χ4n) is 4.25. The smallest absolute Gasteiger partial charge is 0.329 e. The second kappa shape index (κ2) is 6.48. The van der Waals surface area contributed by atoms with Gasteiger partial charge in [-0.2, -0.15) is 0 Å². The van der Waals surface area contributed by atoms with Crippen molar-refractivity contribution in [1.82, 2.24) is 0 Å². The molecule has 0 saturated carbocycles. The summed E-state index contributed by atoms with van der Waals surface area (Å²) in [7, 11) is 0. The molecule has 0 unspecified atom stereocenters. The number of benzene rings is 4. The highest BCUT2D eigenvalue weighted by Crippen LogP contribution is 2.39. The predicted molar refractivity (Wildman–Crippen MR) is 117 cm³/mol. The van der Waals surface area contributed by atoms with Gasteiger partial charge in [-0.05, 0) is 41.6 Å². The van der Waals surface area contributed by atoms with Crippen LogP contribution in [0, 0.1) is 6.92 Å². The molecular weight excluding hydrogens is 325 g/mol. The summed E-state index contributed by atoms with van der Waals surface area (Å²) in [6.45, 7) is 2.36. The van der Waals surface area contributed by atoms with E-state index >= 15 is 0 Å². The third-order valence-corrected chi connectivity index (χ3v) is 5.48. The quantitative estimate of drug-likeness (QED) is 0.466. The van der Waals surface area contributed by atoms with E-state index in [1.54, 1.807) is 0 Å². The van der Waals surface area contributed by atoms with Gasteiger partial charge in [0.05, 0.1) is 0 Å². The minimum atomic E-state index is 0.152. The highest BCUT2D eigenvalue weighted by atomic mass is 15.1. The number of para-hydroxylation sites is 2. The number of hydrogen-bond acceptors (Lipinski definition) is 1. The van der Waals surface area contributed by atoms with Crippen molar-refractivity contribution in [1.29, 1.82) is 0 Å². The molecule has 4 aromatic rings. The number of rotatable bonds is 2. The topological polar surface area (TPSA) is 3.24 Å². The van der Waals surface area contributed by atoms with Gasteiger partial charge in [0.1, 0.15) is 0 Å². The van der Waals surface area contributed by atoms with Gasteiger partial charge in [0.2, 0.25) is 0 Å². The van der Waals surface area contributed by atoms with Crippen LogP contribution in [-0.4, -0.2) is 6.85 Å². The van der Waals surface area contributed by atoms with E-state index in [0.717, 1.165) is 0 Å². The first-order valence-corrected chi connectivity index (χ1v) is 9.43. The maximum absolute atomic E-state index is 2.49. The highest BCUT2D eigenvalue weighted by Gasteiger charge is 2.37. The average molecular weight is 345 g/mol. The van der Waals surface area contributed by atoms with E-state index in [1.807, 2.05) is 0 Å². The lowest BCUT2D eigenvalue weighted by Gasteiger charge is -2.39. The number of hydrogen-bond donors (Lipinski definition) is 0. The average Bonchev–Trinajstić information content (AvgIpc) is 2.74. The van der Waals surface area contributed by atoms with E-state index in [4.69, 9.17) is 0 Å². The molecule has 0 aromatic heterocycles. The Morgan fingerprint density at radius 1 is 0.556 bits per heavy atom. The summed E-state index contributed by atoms with van der Waals surface area (Å²) in [5.74, 6) is 0. The number of nitrogens with zero attached hydrogens (tertiary/aromatic N) is 1. The highest BCUT2D eigenvalue weighted by molar-refractivity contribution is 6.91. The van der Waals surface area contributed by atoms with Crippen LogP contribution in [0.15, 0.2) is 103 Å². The zero-order chi connectivity index (χ0) is 18.2. The second-order valence-corrected chi connectivity index (χ2v) is 7.07. The summed E-state index contributed by atoms with van der Waals surface area (Å²) in [5, 5.41) is 0. The van der Waals surface area contributed by atoms with Gasteiger partial charge in [0, 0.05) is 16.9 Å². The molecule has 27 heavy (non-hydrogen) atoms. The standard InChI is InChI=1S/C25H20BN/c1-19-11-5-8-16-23(19)26-24-17-9-6-14-21(24)22-15-7-10-18-25(22)27(26)20-12-3-2-4-13-20/h2-18H,1H3. The first-order valence-electron chi connectivity index (χ1n) is 9.43. The Morgan fingerprint density at radius 3 is 1.93 bits per heavy atom. The van der Waals surface area contributed by atoms with Crippen molar-refractivity contribution in [2.45, 2.75) is 6.92 Å². The molecule has 2 heteroatoms. The molecule has 1 aliphatic heterocycles. The fourth-order valence-corrected chi connectivity index (χ4v) is 4.25. The molecule has 128 valence electrons. The molecule has 0 saturated heterocycles. The second-order valence-electron chi connectivity index (χ2n) is 7.07. The van der Waals surface area contributed by atoms with Gasteiger partial charge in [-0.1, -0.05) is 90.5 Å². The molecule has 0 N–H and O–H groups in total. The predicted octanol–water partition coefficient (Wildman–Crippen LogP) is 4.92. The van der Waals surface area contributed by atoms with E-state index in [-0.39, 0.29) is 6.85 Å². The van der Waals surface area contributed by atoms with Crippen LogP contribution in [0.2, 0.25) is 0 Å². The van der Waals surface area contributed by atoms with Crippen LogP contribution in [-0.2, 0) is 0 Å². The molecule has 1 heterocycles. The van der Waals surface area contributed by atoms with Crippen LogP contribution in [0.3, 0.4) is 0 Å². The van der Waals surface area contributed by atoms with Crippen molar-refractivity contribution in [3.8, 4) is 11.1 Å². The van der Waals surface area contributed by atoms with Crippen LogP contribution in [0.1, 0.15) is 5.56 Å². The third kappa shape index (κ3) is 2.57. The molecule has 0 spiro atoms. The van der Waals surface area contributed by atoms with Gasteiger partial charge < -0.3 is 4.81 Å². The first kappa shape index (κ1) is 16.0. The van der Waals surface area contributed by atoms with Crippen molar-refractivity contribution in [2.24, 2.45) is 0 Å². The lowest BCUT2D eigenvalue weighted by atomic mass is 9.45. The van der Waals surface area contributed by atoms with E-state index in [9.17, 15) is 0 Å². The summed E-state index contributed by atoms with van der Waals surface area (Å²) in [6.07, 6.45) is 0. The van der Waals surface area contributed by atoms with Gasteiger partial charge in [-0.3, -0.25) is 0 Å². The van der Waals surface area contributed by atoms with Crippen molar-refractivity contribution >= 4 is 29.1 Å². The molecule has 1 nitrogen and oxygen atoms in total. The lowest BCUT2D eigenvalue weighted by molar-refractivity contribution is 1.36. The summed E-state index contributed by atoms with van der Waals surface area (Å²) in [4.78, 5) is 2.49. The van der Waals surface area contributed by atoms with Crippen molar-refractivity contribution in [3.05, 3.63) is 109 Å². The molecule has 4 aromatic carbocycles. The Hall–Kier alpha value is -3.26. The third-order valence-electron chi connectivity index (χ3n) is 5.48. The van der Waals surface area contributed by atoms with Gasteiger partial charge in [0.15, 0.2) is 0 Å². The van der Waals surface area contributed by atoms with Gasteiger partial charge in [0.25, 0.3) is 0 Å². The number of anilines is 2. The van der Waals surface area contributed by atoms with Crippen molar-refractivity contribution < 1.29 is 0 Å². The van der Waals surface area contributed by atoms with Crippen LogP contribution in [0.5, 0.6) is 0 Å². The van der Waals surface area contributed by atoms with Crippen molar-refractivity contribution in [2.75, 3.05) is 4.81 Å². The maximum Gasteiger partial charge on any atom is 0.329 e. The summed E-state index contributed by atoms with van der Waals surface area (Å²) < 4.78 is 0. The molecule has 1 aliphatic rings. The zero-order valence-electron chi connectivity index (χ0n) is 15.3. The molecule has 5 rings (SSSR count). The molecule has 0 fully saturated rings. The Bertz CT molecular complexity index is 1100. The summed E-state index contributed by atoms with van der Waals surface area (Å²) in [6, 6.07) is 37.0. The zero-order valence-corrected chi connectivity index (χ0v) is 15.3. The van der Waals surface area contributed by atoms with Crippen LogP contribution >= 0.6 is 0 Å². The minimum absolute atomic E-state index is 0.152. The normalized spacial score (nSPS) is 12.5. The Labute approximate surface area is 161 Å². The fraction of sp³-hybridized carbons (Fsp3) is 0.0400. The molecule has 0 bridgehead atoms.